The molecule has 0 amide bonds. The van der Waals surface area contributed by atoms with Crippen LogP contribution in [0.5, 0.6) is 0 Å². The highest BCUT2D eigenvalue weighted by Crippen LogP contribution is 2.31. The average Bonchev–Trinajstić information content (AvgIpc) is 3.03. The molecule has 8 heteroatoms. The maximum absolute atomic E-state index is 6.01. The molecule has 0 aromatic carbocycles. The van der Waals surface area contributed by atoms with Crippen molar-refractivity contribution in [1.29, 1.82) is 0 Å². The zero-order valence-electron chi connectivity index (χ0n) is 13.5. The van der Waals surface area contributed by atoms with Gasteiger partial charge in [0.05, 0.1) is 42.5 Å². The van der Waals surface area contributed by atoms with Crippen LogP contribution in [0.3, 0.4) is 0 Å². The Morgan fingerprint density at radius 1 is 1.30 bits per heavy atom. The molecule has 23 heavy (non-hydrogen) atoms. The van der Waals surface area contributed by atoms with Gasteiger partial charge in [-0.05, 0) is 20.5 Å². The molecule has 4 rings (SSSR count). The summed E-state index contributed by atoms with van der Waals surface area (Å²) in [5, 5.41) is 8.22. The van der Waals surface area contributed by atoms with Gasteiger partial charge in [0.15, 0.2) is 0 Å². The zero-order chi connectivity index (χ0) is 15.8. The molecule has 0 aliphatic carbocycles. The van der Waals surface area contributed by atoms with Gasteiger partial charge in [-0.2, -0.15) is 0 Å². The monoisotopic (exact) mass is 315 g/mol. The smallest absolute Gasteiger partial charge is 0.147 e. The molecule has 1 saturated heterocycles. The molecule has 1 fully saturated rings. The predicted octanol–water partition coefficient (Wildman–Crippen LogP) is 0.480. The fourth-order valence-electron chi connectivity index (χ4n) is 3.34. The number of piperidine rings is 1. The Hall–Kier alpha value is -2.06. The predicted molar refractivity (Wildman–Crippen MR) is 83.9 cm³/mol. The van der Waals surface area contributed by atoms with Gasteiger partial charge in [0.2, 0.25) is 0 Å². The van der Waals surface area contributed by atoms with Gasteiger partial charge in [-0.1, -0.05) is 5.21 Å². The summed E-state index contributed by atoms with van der Waals surface area (Å²) in [5.41, 5.74) is 2.05. The van der Waals surface area contributed by atoms with Crippen LogP contribution < -0.4 is 4.90 Å². The third-order valence-electron chi connectivity index (χ3n) is 4.41. The van der Waals surface area contributed by atoms with Gasteiger partial charge in [0.25, 0.3) is 0 Å². The first kappa shape index (κ1) is 14.5. The highest BCUT2D eigenvalue weighted by molar-refractivity contribution is 5.37. The van der Waals surface area contributed by atoms with Crippen LogP contribution in [0.1, 0.15) is 23.9 Å². The molecule has 122 valence electrons. The number of fused-ring (bicyclic) bond motifs is 3. The summed E-state index contributed by atoms with van der Waals surface area (Å²) in [6.45, 7) is 3.10. The van der Waals surface area contributed by atoms with E-state index < -0.39 is 0 Å². The normalized spacial score (nSPS) is 23.7. The van der Waals surface area contributed by atoms with Crippen LogP contribution >= 0.6 is 0 Å². The molecule has 0 N–H and O–H groups in total. The van der Waals surface area contributed by atoms with E-state index >= 15 is 0 Å². The van der Waals surface area contributed by atoms with E-state index in [4.69, 9.17) is 9.72 Å². The van der Waals surface area contributed by atoms with E-state index in [-0.39, 0.29) is 12.1 Å². The molecule has 4 heterocycles. The number of rotatable bonds is 3. The third kappa shape index (κ3) is 2.79. The topological polar surface area (TPSA) is 72.2 Å². The molecular formula is C15H21N7O. The van der Waals surface area contributed by atoms with E-state index in [1.54, 1.807) is 6.20 Å². The lowest BCUT2D eigenvalue weighted by Gasteiger charge is -2.41. The first-order chi connectivity index (χ1) is 11.2. The lowest BCUT2D eigenvalue weighted by atomic mass is 10.0. The molecule has 2 aromatic heterocycles. The van der Waals surface area contributed by atoms with Crippen molar-refractivity contribution in [2.24, 2.45) is 0 Å². The van der Waals surface area contributed by atoms with Crippen molar-refractivity contribution in [3.63, 3.8) is 0 Å². The molecule has 8 nitrogen and oxygen atoms in total. The van der Waals surface area contributed by atoms with Crippen LogP contribution in [0.4, 0.5) is 5.82 Å². The lowest BCUT2D eigenvalue weighted by Crippen LogP contribution is -2.49. The van der Waals surface area contributed by atoms with Crippen molar-refractivity contribution >= 4 is 5.82 Å². The molecule has 0 radical (unpaired) electrons. The number of hydrogen-bond donors (Lipinski definition) is 0. The van der Waals surface area contributed by atoms with Gasteiger partial charge >= 0.3 is 0 Å². The van der Waals surface area contributed by atoms with Crippen LogP contribution in [0, 0.1) is 0 Å². The second-order valence-electron chi connectivity index (χ2n) is 6.43. The Morgan fingerprint density at radius 3 is 3.09 bits per heavy atom. The minimum absolute atomic E-state index is 0.122. The van der Waals surface area contributed by atoms with Crippen LogP contribution in [0.25, 0.3) is 0 Å². The van der Waals surface area contributed by atoms with Crippen LogP contribution in [0.15, 0.2) is 18.6 Å². The summed E-state index contributed by atoms with van der Waals surface area (Å²) in [5.74, 6) is 0.927. The second kappa shape index (κ2) is 5.86. The van der Waals surface area contributed by atoms with Gasteiger partial charge in [-0.25, -0.2) is 9.67 Å². The van der Waals surface area contributed by atoms with Crippen molar-refractivity contribution in [3.8, 4) is 0 Å². The number of anilines is 1. The minimum Gasteiger partial charge on any atom is -0.368 e. The number of nitrogens with zero attached hydrogens (tertiary/aromatic N) is 7. The van der Waals surface area contributed by atoms with E-state index in [0.29, 0.717) is 6.61 Å². The highest BCUT2D eigenvalue weighted by Gasteiger charge is 2.36. The van der Waals surface area contributed by atoms with Gasteiger partial charge in [-0.3, -0.25) is 4.98 Å². The van der Waals surface area contributed by atoms with Gasteiger partial charge in [0.1, 0.15) is 5.82 Å². The summed E-state index contributed by atoms with van der Waals surface area (Å²) in [4.78, 5) is 13.4. The average molecular weight is 315 g/mol. The molecule has 2 atom stereocenters. The van der Waals surface area contributed by atoms with Gasteiger partial charge in [-0.15, -0.1) is 5.10 Å². The van der Waals surface area contributed by atoms with Crippen molar-refractivity contribution in [3.05, 3.63) is 30.0 Å². The van der Waals surface area contributed by atoms with E-state index in [0.717, 1.165) is 43.3 Å². The Kier molecular flexibility index (Phi) is 3.70. The quantitative estimate of drug-likeness (QED) is 0.815. The van der Waals surface area contributed by atoms with E-state index in [1.807, 2.05) is 31.2 Å². The number of hydrogen-bond acceptors (Lipinski definition) is 7. The minimum atomic E-state index is 0.122. The summed E-state index contributed by atoms with van der Waals surface area (Å²) in [6, 6.07) is 0.274. The molecule has 0 unspecified atom stereocenters. The fraction of sp³-hybridized carbons (Fsp3) is 0.600. The fourth-order valence-corrected chi connectivity index (χ4v) is 3.34. The first-order valence-corrected chi connectivity index (χ1v) is 7.92. The highest BCUT2D eigenvalue weighted by atomic mass is 16.5. The number of ether oxygens (including phenoxy) is 1. The summed E-state index contributed by atoms with van der Waals surface area (Å²) in [6.07, 6.45) is 6.55. The maximum atomic E-state index is 6.01. The SMILES string of the molecule is CN(C)Cc1cncc(N2CC[C@H]3[C@H](C2)OCc2cnnn23)n1. The second-order valence-corrected chi connectivity index (χ2v) is 6.43. The van der Waals surface area contributed by atoms with Crippen molar-refractivity contribution in [2.75, 3.05) is 32.1 Å². The summed E-state index contributed by atoms with van der Waals surface area (Å²) in [7, 11) is 4.07. The van der Waals surface area contributed by atoms with Crippen molar-refractivity contribution < 1.29 is 4.74 Å². The van der Waals surface area contributed by atoms with E-state index in [2.05, 4.69) is 25.1 Å². The summed E-state index contributed by atoms with van der Waals surface area (Å²) < 4.78 is 8.04. The Bertz CT molecular complexity index is 686. The largest absolute Gasteiger partial charge is 0.368 e. The van der Waals surface area contributed by atoms with Crippen LogP contribution in [-0.4, -0.2) is 63.2 Å². The van der Waals surface area contributed by atoms with Gasteiger partial charge < -0.3 is 14.5 Å². The Morgan fingerprint density at radius 2 is 2.22 bits per heavy atom. The lowest BCUT2D eigenvalue weighted by molar-refractivity contribution is -0.0335. The van der Waals surface area contributed by atoms with E-state index in [1.165, 1.54) is 0 Å². The van der Waals surface area contributed by atoms with E-state index in [9.17, 15) is 0 Å². The van der Waals surface area contributed by atoms with Crippen LogP contribution in [-0.2, 0) is 17.9 Å². The van der Waals surface area contributed by atoms with Gasteiger partial charge in [0, 0.05) is 25.8 Å². The van der Waals surface area contributed by atoms with Crippen molar-refractivity contribution in [1.82, 2.24) is 29.9 Å². The molecular weight excluding hydrogens is 294 g/mol. The molecule has 2 aromatic rings. The molecule has 2 aliphatic rings. The molecule has 2 aliphatic heterocycles. The van der Waals surface area contributed by atoms with Crippen LogP contribution in [0.2, 0.25) is 0 Å². The number of aromatic nitrogens is 5. The zero-order valence-corrected chi connectivity index (χ0v) is 13.5. The standard InChI is InChI=1S/C15H21N7O/c1-20(2)8-11-5-16-7-15(18-11)21-4-3-13-14(9-21)23-10-12-6-17-19-22(12)13/h5-7,13-14H,3-4,8-10H2,1-2H3/t13-,14-/m0/s1. The summed E-state index contributed by atoms with van der Waals surface area (Å²) >= 11 is 0. The van der Waals surface area contributed by atoms with Crippen molar-refractivity contribution in [2.45, 2.75) is 31.7 Å². The molecule has 0 saturated carbocycles. The molecule has 0 spiro atoms. The molecule has 0 bridgehead atoms. The Balaban J connectivity index is 1.51. The first-order valence-electron chi connectivity index (χ1n) is 7.92. The third-order valence-corrected chi connectivity index (χ3v) is 4.41. The maximum Gasteiger partial charge on any atom is 0.147 e. The Labute approximate surface area is 135 Å².